The summed E-state index contributed by atoms with van der Waals surface area (Å²) >= 11 is 0. The third-order valence-corrected chi connectivity index (χ3v) is 1.66. The molecule has 1 aliphatic heterocycles. The van der Waals surface area contributed by atoms with Gasteiger partial charge in [0, 0.05) is 0 Å². The molecule has 0 spiro atoms. The van der Waals surface area contributed by atoms with Crippen molar-refractivity contribution in [3.63, 3.8) is 0 Å². The van der Waals surface area contributed by atoms with Crippen molar-refractivity contribution in [1.82, 2.24) is 0 Å². The van der Waals surface area contributed by atoms with Crippen molar-refractivity contribution in [3.05, 3.63) is 41.6 Å². The summed E-state index contributed by atoms with van der Waals surface area (Å²) < 4.78 is 4.54. The number of halogens is 1. The molecule has 0 amide bonds. The summed E-state index contributed by atoms with van der Waals surface area (Å²) in [4.78, 5) is 14.7. The van der Waals surface area contributed by atoms with Gasteiger partial charge in [0.25, 0.3) is 0 Å². The first-order valence-electron chi connectivity index (χ1n) is 3.86. The van der Waals surface area contributed by atoms with Gasteiger partial charge in [-0.25, -0.2) is 9.79 Å². The standard InChI is InChI=1S/C10H7NO2.ClH/c12-10-9(11-7-13-10)6-8-4-2-1-3-5-8;/h1-7H;1H. The zero-order chi connectivity index (χ0) is 9.10. The minimum absolute atomic E-state index is 0. The highest BCUT2D eigenvalue weighted by Crippen LogP contribution is 2.11. The highest BCUT2D eigenvalue weighted by atomic mass is 35.5. The van der Waals surface area contributed by atoms with E-state index >= 15 is 0 Å². The average Bonchev–Trinajstić information content (AvgIpc) is 2.54. The fourth-order valence-corrected chi connectivity index (χ4v) is 1.05. The van der Waals surface area contributed by atoms with Crippen LogP contribution in [0.3, 0.4) is 0 Å². The molecule has 0 saturated carbocycles. The number of carbonyl (C=O) groups is 1. The lowest BCUT2D eigenvalue weighted by molar-refractivity contribution is -0.129. The second kappa shape index (κ2) is 4.58. The Morgan fingerprint density at radius 2 is 1.93 bits per heavy atom. The van der Waals surface area contributed by atoms with Crippen LogP contribution >= 0.6 is 12.4 Å². The van der Waals surface area contributed by atoms with E-state index in [1.807, 2.05) is 30.3 Å². The SMILES string of the molecule is Cl.O=C1OC=NC1=Cc1ccccc1. The highest BCUT2D eigenvalue weighted by Gasteiger charge is 2.13. The summed E-state index contributed by atoms with van der Waals surface area (Å²) in [6.07, 6.45) is 2.84. The van der Waals surface area contributed by atoms with Crippen molar-refractivity contribution in [3.8, 4) is 0 Å². The van der Waals surface area contributed by atoms with Gasteiger partial charge in [0.1, 0.15) is 0 Å². The zero-order valence-corrected chi connectivity index (χ0v) is 8.03. The number of esters is 1. The van der Waals surface area contributed by atoms with Crippen LogP contribution in [0.5, 0.6) is 0 Å². The summed E-state index contributed by atoms with van der Waals surface area (Å²) in [6.45, 7) is 0. The molecule has 4 heteroatoms. The Balaban J connectivity index is 0.000000980. The molecular formula is C10H8ClNO2. The van der Waals surface area contributed by atoms with Gasteiger partial charge in [-0.3, -0.25) is 0 Å². The molecule has 0 N–H and O–H groups in total. The minimum atomic E-state index is -0.399. The van der Waals surface area contributed by atoms with Gasteiger partial charge in [-0.15, -0.1) is 12.4 Å². The summed E-state index contributed by atoms with van der Waals surface area (Å²) in [7, 11) is 0. The Hall–Kier alpha value is -1.61. The summed E-state index contributed by atoms with van der Waals surface area (Å²) in [5.41, 5.74) is 1.28. The normalized spacial score (nSPS) is 16.6. The van der Waals surface area contributed by atoms with Crippen LogP contribution in [0.2, 0.25) is 0 Å². The highest BCUT2D eigenvalue weighted by molar-refractivity contribution is 6.01. The molecule has 2 rings (SSSR count). The predicted molar refractivity (Wildman–Crippen MR) is 56.3 cm³/mol. The van der Waals surface area contributed by atoms with Crippen LogP contribution in [0.15, 0.2) is 41.0 Å². The monoisotopic (exact) mass is 209 g/mol. The number of nitrogens with zero attached hydrogens (tertiary/aromatic N) is 1. The van der Waals surface area contributed by atoms with E-state index in [-0.39, 0.29) is 12.4 Å². The minimum Gasteiger partial charge on any atom is -0.410 e. The maximum atomic E-state index is 11.0. The molecule has 0 radical (unpaired) electrons. The van der Waals surface area contributed by atoms with Crippen LogP contribution in [0.25, 0.3) is 6.08 Å². The number of aliphatic imine (C=N–C) groups is 1. The lowest BCUT2D eigenvalue weighted by Crippen LogP contribution is -1.95. The third-order valence-electron chi connectivity index (χ3n) is 1.66. The molecule has 14 heavy (non-hydrogen) atoms. The van der Waals surface area contributed by atoms with Crippen LogP contribution in [-0.2, 0) is 9.53 Å². The van der Waals surface area contributed by atoms with Crippen molar-refractivity contribution in [1.29, 1.82) is 0 Å². The molecule has 1 aromatic carbocycles. The van der Waals surface area contributed by atoms with Crippen molar-refractivity contribution in [2.75, 3.05) is 0 Å². The molecule has 0 aliphatic carbocycles. The van der Waals surface area contributed by atoms with Gasteiger partial charge >= 0.3 is 5.97 Å². The van der Waals surface area contributed by atoms with E-state index in [0.717, 1.165) is 12.0 Å². The molecule has 72 valence electrons. The lowest BCUT2D eigenvalue weighted by Gasteiger charge is -1.91. The Morgan fingerprint density at radius 3 is 2.50 bits per heavy atom. The zero-order valence-electron chi connectivity index (χ0n) is 7.21. The maximum Gasteiger partial charge on any atom is 0.363 e. The average molecular weight is 210 g/mol. The van der Waals surface area contributed by atoms with Gasteiger partial charge in [-0.1, -0.05) is 30.3 Å². The first kappa shape index (κ1) is 10.5. The van der Waals surface area contributed by atoms with Crippen LogP contribution in [-0.4, -0.2) is 12.4 Å². The van der Waals surface area contributed by atoms with E-state index < -0.39 is 5.97 Å². The largest absolute Gasteiger partial charge is 0.410 e. The van der Waals surface area contributed by atoms with Gasteiger partial charge < -0.3 is 4.74 Å². The van der Waals surface area contributed by atoms with E-state index in [1.165, 1.54) is 0 Å². The first-order valence-corrected chi connectivity index (χ1v) is 3.86. The topological polar surface area (TPSA) is 38.7 Å². The lowest BCUT2D eigenvalue weighted by atomic mass is 10.2. The number of hydrogen-bond donors (Lipinski definition) is 0. The predicted octanol–water partition coefficient (Wildman–Crippen LogP) is 2.03. The number of benzene rings is 1. The van der Waals surface area contributed by atoms with E-state index in [1.54, 1.807) is 6.08 Å². The molecule has 3 nitrogen and oxygen atoms in total. The van der Waals surface area contributed by atoms with Gasteiger partial charge in [0.15, 0.2) is 12.1 Å². The number of rotatable bonds is 1. The van der Waals surface area contributed by atoms with Crippen LogP contribution in [0, 0.1) is 0 Å². The summed E-state index contributed by atoms with van der Waals surface area (Å²) in [5.74, 6) is -0.399. The fraction of sp³-hybridized carbons (Fsp3) is 0. The number of hydrogen-bond acceptors (Lipinski definition) is 3. The van der Waals surface area contributed by atoms with E-state index in [0.29, 0.717) is 5.70 Å². The van der Waals surface area contributed by atoms with Crippen LogP contribution in [0.4, 0.5) is 0 Å². The van der Waals surface area contributed by atoms with Crippen molar-refractivity contribution >= 4 is 30.9 Å². The number of cyclic esters (lactones) is 1. The first-order chi connectivity index (χ1) is 6.36. The second-order valence-corrected chi connectivity index (χ2v) is 2.58. The van der Waals surface area contributed by atoms with Gasteiger partial charge in [0.2, 0.25) is 0 Å². The summed E-state index contributed by atoms with van der Waals surface area (Å²) in [5, 5.41) is 0. The molecule has 0 aromatic heterocycles. The third kappa shape index (κ3) is 2.20. The van der Waals surface area contributed by atoms with E-state index in [2.05, 4.69) is 9.73 Å². The van der Waals surface area contributed by atoms with Gasteiger partial charge in [-0.2, -0.15) is 0 Å². The van der Waals surface area contributed by atoms with E-state index in [9.17, 15) is 4.79 Å². The van der Waals surface area contributed by atoms with Gasteiger partial charge in [0.05, 0.1) is 0 Å². The molecule has 0 bridgehead atoms. The molecule has 0 atom stereocenters. The number of ether oxygens (including phenoxy) is 1. The molecular weight excluding hydrogens is 202 g/mol. The Bertz CT molecular complexity index is 384. The molecule has 1 heterocycles. The number of carbonyl (C=O) groups excluding carboxylic acids is 1. The van der Waals surface area contributed by atoms with Crippen molar-refractivity contribution < 1.29 is 9.53 Å². The van der Waals surface area contributed by atoms with Crippen molar-refractivity contribution in [2.45, 2.75) is 0 Å². The van der Waals surface area contributed by atoms with Crippen LogP contribution < -0.4 is 0 Å². The Morgan fingerprint density at radius 1 is 1.21 bits per heavy atom. The fourth-order valence-electron chi connectivity index (χ4n) is 1.05. The smallest absolute Gasteiger partial charge is 0.363 e. The molecule has 0 saturated heterocycles. The van der Waals surface area contributed by atoms with E-state index in [4.69, 9.17) is 0 Å². The second-order valence-electron chi connectivity index (χ2n) is 2.58. The quantitative estimate of drug-likeness (QED) is 0.525. The molecule has 0 unspecified atom stereocenters. The Kier molecular flexibility index (Phi) is 3.42. The molecule has 0 fully saturated rings. The van der Waals surface area contributed by atoms with Crippen molar-refractivity contribution in [2.24, 2.45) is 4.99 Å². The van der Waals surface area contributed by atoms with Gasteiger partial charge in [-0.05, 0) is 11.6 Å². The maximum absolute atomic E-state index is 11.0. The Labute approximate surface area is 87.5 Å². The molecule has 1 aliphatic rings. The summed E-state index contributed by atoms with van der Waals surface area (Å²) in [6, 6.07) is 9.51. The van der Waals surface area contributed by atoms with Crippen LogP contribution in [0.1, 0.15) is 5.56 Å². The molecule has 1 aromatic rings.